The van der Waals surface area contributed by atoms with Crippen LogP contribution in [0.3, 0.4) is 0 Å². The molecule has 1 rings (SSSR count). The van der Waals surface area contributed by atoms with Crippen molar-refractivity contribution >= 4 is 0 Å². The van der Waals surface area contributed by atoms with Crippen molar-refractivity contribution in [2.24, 2.45) is 7.05 Å². The third-order valence-electron chi connectivity index (χ3n) is 3.70. The van der Waals surface area contributed by atoms with Gasteiger partial charge in [-0.1, -0.05) is 6.92 Å². The first-order chi connectivity index (χ1) is 9.43. The molecule has 20 heavy (non-hydrogen) atoms. The van der Waals surface area contributed by atoms with Crippen LogP contribution in [0.5, 0.6) is 0 Å². The molecule has 2 atom stereocenters. The molecule has 0 amide bonds. The van der Waals surface area contributed by atoms with E-state index in [0.717, 1.165) is 13.0 Å². The fourth-order valence-corrected chi connectivity index (χ4v) is 2.15. The molecule has 0 aliphatic carbocycles. The first-order valence-electron chi connectivity index (χ1n) is 7.58. The first kappa shape index (κ1) is 17.2. The number of rotatable bonds is 9. The maximum absolute atomic E-state index is 10.1. The zero-order chi connectivity index (χ0) is 15.1. The zero-order valence-corrected chi connectivity index (χ0v) is 13.5. The van der Waals surface area contributed by atoms with Gasteiger partial charge >= 0.3 is 0 Å². The van der Waals surface area contributed by atoms with Crippen LogP contribution in [-0.2, 0) is 18.3 Å². The Labute approximate surface area is 123 Å². The number of hydrogen-bond donors (Lipinski definition) is 1. The van der Waals surface area contributed by atoms with Gasteiger partial charge in [0.05, 0.1) is 18.8 Å². The summed E-state index contributed by atoms with van der Waals surface area (Å²) in [5, 5.41) is 10.1. The normalized spacial score (nSPS) is 15.0. The number of aromatic nitrogens is 1. The van der Waals surface area contributed by atoms with Crippen LogP contribution in [0.4, 0.5) is 0 Å². The lowest BCUT2D eigenvalue weighted by Crippen LogP contribution is -2.40. The average Bonchev–Trinajstić information content (AvgIpc) is 2.80. The fourth-order valence-electron chi connectivity index (χ4n) is 2.15. The van der Waals surface area contributed by atoms with Crippen molar-refractivity contribution in [3.05, 3.63) is 24.0 Å². The van der Waals surface area contributed by atoms with E-state index in [4.69, 9.17) is 4.74 Å². The van der Waals surface area contributed by atoms with E-state index in [1.165, 1.54) is 5.69 Å². The van der Waals surface area contributed by atoms with E-state index in [9.17, 15) is 5.11 Å². The van der Waals surface area contributed by atoms with E-state index in [0.29, 0.717) is 19.2 Å². The number of nitrogens with zero attached hydrogens (tertiary/aromatic N) is 2. The van der Waals surface area contributed by atoms with Crippen LogP contribution >= 0.6 is 0 Å². The molecular weight excluding hydrogens is 252 g/mol. The summed E-state index contributed by atoms with van der Waals surface area (Å²) in [6, 6.07) is 4.63. The molecule has 0 aliphatic rings. The van der Waals surface area contributed by atoms with E-state index >= 15 is 0 Å². The van der Waals surface area contributed by atoms with Gasteiger partial charge in [0.2, 0.25) is 0 Å². The highest BCUT2D eigenvalue weighted by molar-refractivity contribution is 5.06. The molecule has 0 aliphatic heterocycles. The Bertz CT molecular complexity index is 376. The second-order valence-corrected chi connectivity index (χ2v) is 5.83. The average molecular weight is 282 g/mol. The fraction of sp³-hybridized carbons (Fsp3) is 0.750. The van der Waals surface area contributed by atoms with Gasteiger partial charge < -0.3 is 14.4 Å². The van der Waals surface area contributed by atoms with Crippen molar-refractivity contribution in [2.75, 3.05) is 13.2 Å². The highest BCUT2D eigenvalue weighted by Gasteiger charge is 2.18. The number of ether oxygens (including phenoxy) is 1. The molecule has 1 aromatic heterocycles. The summed E-state index contributed by atoms with van der Waals surface area (Å²) >= 11 is 0. The number of aryl methyl sites for hydroxylation is 1. The molecule has 0 aromatic carbocycles. The van der Waals surface area contributed by atoms with Crippen LogP contribution < -0.4 is 0 Å². The Balaban J connectivity index is 2.58. The van der Waals surface area contributed by atoms with Gasteiger partial charge in [0.1, 0.15) is 0 Å². The van der Waals surface area contributed by atoms with Gasteiger partial charge in [0.15, 0.2) is 0 Å². The van der Waals surface area contributed by atoms with Crippen LogP contribution in [0, 0.1) is 0 Å². The lowest BCUT2D eigenvalue weighted by molar-refractivity contribution is -0.0152. The molecule has 116 valence electrons. The summed E-state index contributed by atoms with van der Waals surface area (Å²) in [7, 11) is 2.06. The summed E-state index contributed by atoms with van der Waals surface area (Å²) < 4.78 is 7.63. The third-order valence-corrected chi connectivity index (χ3v) is 3.70. The monoisotopic (exact) mass is 282 g/mol. The lowest BCUT2D eigenvalue weighted by atomic mass is 10.2. The van der Waals surface area contributed by atoms with Crippen LogP contribution in [-0.4, -0.2) is 46.0 Å². The number of aliphatic hydroxyl groups excluding tert-OH is 1. The van der Waals surface area contributed by atoms with E-state index in [-0.39, 0.29) is 6.10 Å². The molecule has 0 saturated carbocycles. The van der Waals surface area contributed by atoms with Gasteiger partial charge in [-0.25, -0.2) is 0 Å². The highest BCUT2D eigenvalue weighted by atomic mass is 16.5. The van der Waals surface area contributed by atoms with E-state index < -0.39 is 6.10 Å². The van der Waals surface area contributed by atoms with Gasteiger partial charge in [-0.05, 0) is 39.3 Å². The minimum absolute atomic E-state index is 0.162. The van der Waals surface area contributed by atoms with Gasteiger partial charge in [0, 0.05) is 38.1 Å². The van der Waals surface area contributed by atoms with Gasteiger partial charge in [-0.3, -0.25) is 4.90 Å². The molecule has 1 heterocycles. The molecule has 0 bridgehead atoms. The van der Waals surface area contributed by atoms with Crippen molar-refractivity contribution < 1.29 is 9.84 Å². The molecule has 4 heteroatoms. The molecule has 4 nitrogen and oxygen atoms in total. The van der Waals surface area contributed by atoms with E-state index in [1.807, 2.05) is 13.8 Å². The molecule has 1 aromatic rings. The van der Waals surface area contributed by atoms with Crippen molar-refractivity contribution in [3.8, 4) is 0 Å². The lowest BCUT2D eigenvalue weighted by Gasteiger charge is -2.30. The Kier molecular flexibility index (Phi) is 7.27. The second kappa shape index (κ2) is 8.45. The summed E-state index contributed by atoms with van der Waals surface area (Å²) in [5.74, 6) is 0. The quantitative estimate of drug-likeness (QED) is 0.756. The summed E-state index contributed by atoms with van der Waals surface area (Å²) in [6.07, 6.45) is 2.85. The van der Waals surface area contributed by atoms with Crippen LogP contribution in [0.1, 0.15) is 39.8 Å². The zero-order valence-electron chi connectivity index (χ0n) is 13.5. The van der Waals surface area contributed by atoms with Crippen LogP contribution in [0.2, 0.25) is 0 Å². The number of aliphatic hydroxyl groups is 1. The third kappa shape index (κ3) is 5.65. The molecule has 1 N–H and O–H groups in total. The molecule has 0 radical (unpaired) electrons. The minimum Gasteiger partial charge on any atom is -0.389 e. The van der Waals surface area contributed by atoms with E-state index in [2.05, 4.69) is 48.7 Å². The largest absolute Gasteiger partial charge is 0.389 e. The highest BCUT2D eigenvalue weighted by Crippen LogP contribution is 2.12. The topological polar surface area (TPSA) is 37.6 Å². The molecule has 0 unspecified atom stereocenters. The summed E-state index contributed by atoms with van der Waals surface area (Å²) in [4.78, 5) is 2.32. The second-order valence-electron chi connectivity index (χ2n) is 5.83. The van der Waals surface area contributed by atoms with E-state index in [1.54, 1.807) is 0 Å². The SMILES string of the molecule is CC[C@H](C)N(Cc1cccn1C)C[C@H](O)COC(C)C. The number of hydrogen-bond acceptors (Lipinski definition) is 3. The maximum Gasteiger partial charge on any atom is 0.0900 e. The molecule has 0 fully saturated rings. The molecular formula is C16H30N2O2. The maximum atomic E-state index is 10.1. The van der Waals surface area contributed by atoms with Gasteiger partial charge in [-0.15, -0.1) is 0 Å². The minimum atomic E-state index is -0.438. The first-order valence-corrected chi connectivity index (χ1v) is 7.58. The summed E-state index contributed by atoms with van der Waals surface area (Å²) in [5.41, 5.74) is 1.27. The van der Waals surface area contributed by atoms with Crippen molar-refractivity contribution in [3.63, 3.8) is 0 Å². The Morgan fingerprint density at radius 1 is 1.35 bits per heavy atom. The smallest absolute Gasteiger partial charge is 0.0900 e. The van der Waals surface area contributed by atoms with Crippen LogP contribution in [0.15, 0.2) is 18.3 Å². The summed E-state index contributed by atoms with van der Waals surface area (Å²) in [6.45, 7) is 10.3. The molecule has 0 saturated heterocycles. The van der Waals surface area contributed by atoms with Crippen molar-refractivity contribution in [1.82, 2.24) is 9.47 Å². The van der Waals surface area contributed by atoms with Crippen LogP contribution in [0.25, 0.3) is 0 Å². The predicted molar refractivity (Wildman–Crippen MR) is 82.7 cm³/mol. The van der Waals surface area contributed by atoms with Crippen molar-refractivity contribution in [1.29, 1.82) is 0 Å². The Morgan fingerprint density at radius 2 is 2.05 bits per heavy atom. The van der Waals surface area contributed by atoms with Gasteiger partial charge in [-0.2, -0.15) is 0 Å². The van der Waals surface area contributed by atoms with Gasteiger partial charge in [0.25, 0.3) is 0 Å². The Hall–Kier alpha value is -0.840. The predicted octanol–water partition coefficient (Wildman–Crippen LogP) is 2.41. The standard InChI is InChI=1S/C16H30N2O2/c1-6-14(4)18(10-15-8-7-9-17(15)5)11-16(19)12-20-13(2)3/h7-9,13-14,16,19H,6,10-12H2,1-5H3/t14-,16-/m0/s1. The Morgan fingerprint density at radius 3 is 2.55 bits per heavy atom. The molecule has 0 spiro atoms. The van der Waals surface area contributed by atoms with Crippen molar-refractivity contribution in [2.45, 2.75) is 58.9 Å².